The molecule has 1 aliphatic heterocycles. The molecule has 1 aromatic heterocycles. The third-order valence-electron chi connectivity index (χ3n) is 5.23. The second-order valence-electron chi connectivity index (χ2n) is 7.06. The molecule has 1 aromatic rings. The summed E-state index contributed by atoms with van der Waals surface area (Å²) in [6.07, 6.45) is 7.26. The van der Waals surface area contributed by atoms with Gasteiger partial charge in [0.15, 0.2) is 5.69 Å². The number of nitrogens with zero attached hydrogens (tertiary/aromatic N) is 3. The molecule has 0 unspecified atom stereocenters. The zero-order chi connectivity index (χ0) is 17.8. The largest absolute Gasteiger partial charge is 0.477 e. The maximum atomic E-state index is 11.4. The van der Waals surface area contributed by atoms with Crippen LogP contribution in [0.3, 0.4) is 0 Å². The third-order valence-corrected chi connectivity index (χ3v) is 5.23. The van der Waals surface area contributed by atoms with Crippen molar-refractivity contribution in [3.8, 4) is 0 Å². The third kappa shape index (κ3) is 4.46. The Bertz CT molecular complexity index is 635. The summed E-state index contributed by atoms with van der Waals surface area (Å²) in [7, 11) is 0. The number of aromatic nitrogens is 2. The standard InChI is InChI=1S/C18H26N4O3/c1-12(23)22-9-7-14(8-10-22)19-16-11-15(18(24)25)20-17(21-16)13-5-3-2-4-6-13/h11,13-14H,2-10H2,1H3,(H,24,25)(H,19,20,21). The monoisotopic (exact) mass is 346 g/mol. The first kappa shape index (κ1) is 17.6. The van der Waals surface area contributed by atoms with Gasteiger partial charge in [0.1, 0.15) is 11.6 Å². The quantitative estimate of drug-likeness (QED) is 0.870. The number of anilines is 1. The number of carbonyl (C=O) groups is 2. The normalized spacial score (nSPS) is 19.6. The molecule has 3 rings (SSSR count). The van der Waals surface area contributed by atoms with Crippen molar-refractivity contribution in [3.05, 3.63) is 17.6 Å². The molecular formula is C18H26N4O3. The number of carboxylic acid groups (broad SMARTS) is 1. The van der Waals surface area contributed by atoms with Crippen LogP contribution in [-0.2, 0) is 4.79 Å². The number of likely N-dealkylation sites (tertiary alicyclic amines) is 1. The average Bonchev–Trinajstić information content (AvgIpc) is 2.62. The van der Waals surface area contributed by atoms with Gasteiger partial charge in [-0.3, -0.25) is 4.79 Å². The zero-order valence-corrected chi connectivity index (χ0v) is 14.7. The lowest BCUT2D eigenvalue weighted by Crippen LogP contribution is -2.41. The summed E-state index contributed by atoms with van der Waals surface area (Å²) >= 11 is 0. The van der Waals surface area contributed by atoms with E-state index >= 15 is 0 Å². The fourth-order valence-corrected chi connectivity index (χ4v) is 3.74. The highest BCUT2D eigenvalue weighted by Gasteiger charge is 2.24. The van der Waals surface area contributed by atoms with Crippen molar-refractivity contribution in [3.63, 3.8) is 0 Å². The van der Waals surface area contributed by atoms with Crippen molar-refractivity contribution in [1.29, 1.82) is 0 Å². The second kappa shape index (κ2) is 7.80. The van der Waals surface area contributed by atoms with Crippen molar-refractivity contribution in [2.24, 2.45) is 0 Å². The summed E-state index contributed by atoms with van der Waals surface area (Å²) in [6, 6.07) is 1.72. The summed E-state index contributed by atoms with van der Waals surface area (Å²) < 4.78 is 0. The molecule has 1 saturated carbocycles. The van der Waals surface area contributed by atoms with Gasteiger partial charge in [0.25, 0.3) is 0 Å². The number of carboxylic acids is 1. The number of rotatable bonds is 4. The smallest absolute Gasteiger partial charge is 0.354 e. The molecule has 2 aliphatic rings. The summed E-state index contributed by atoms with van der Waals surface area (Å²) in [5, 5.41) is 12.7. The highest BCUT2D eigenvalue weighted by Crippen LogP contribution is 2.31. The van der Waals surface area contributed by atoms with E-state index in [1.807, 2.05) is 4.90 Å². The molecule has 2 N–H and O–H groups in total. The average molecular weight is 346 g/mol. The van der Waals surface area contributed by atoms with Gasteiger partial charge in [0, 0.05) is 38.0 Å². The highest BCUT2D eigenvalue weighted by atomic mass is 16.4. The first-order valence-electron chi connectivity index (χ1n) is 9.17. The number of carbonyl (C=O) groups excluding carboxylic acids is 1. The summed E-state index contributed by atoms with van der Waals surface area (Å²) in [5.74, 6) is 0.591. The Balaban J connectivity index is 1.73. The Kier molecular flexibility index (Phi) is 5.50. The second-order valence-corrected chi connectivity index (χ2v) is 7.06. The lowest BCUT2D eigenvalue weighted by Gasteiger charge is -2.32. The molecule has 0 bridgehead atoms. The maximum Gasteiger partial charge on any atom is 0.354 e. The molecule has 1 amide bonds. The molecule has 136 valence electrons. The number of nitrogens with one attached hydrogen (secondary N) is 1. The molecule has 0 aromatic carbocycles. The Labute approximate surface area is 147 Å². The van der Waals surface area contributed by atoms with E-state index in [9.17, 15) is 14.7 Å². The predicted octanol–water partition coefficient (Wildman–Crippen LogP) is 2.65. The van der Waals surface area contributed by atoms with E-state index in [4.69, 9.17) is 0 Å². The molecule has 1 saturated heterocycles. The number of hydrogen-bond donors (Lipinski definition) is 2. The van der Waals surface area contributed by atoms with Crippen LogP contribution in [0.2, 0.25) is 0 Å². The molecular weight excluding hydrogens is 320 g/mol. The van der Waals surface area contributed by atoms with E-state index in [1.165, 1.54) is 12.5 Å². The van der Waals surface area contributed by atoms with Gasteiger partial charge in [0.2, 0.25) is 5.91 Å². The number of amides is 1. The first-order chi connectivity index (χ1) is 12.0. The van der Waals surface area contributed by atoms with E-state index < -0.39 is 5.97 Å². The Morgan fingerprint density at radius 1 is 1.12 bits per heavy atom. The van der Waals surface area contributed by atoms with Gasteiger partial charge in [0.05, 0.1) is 0 Å². The fraction of sp³-hybridized carbons (Fsp3) is 0.667. The SMILES string of the molecule is CC(=O)N1CCC(Nc2cc(C(=O)O)nc(C3CCCCC3)n2)CC1. The summed E-state index contributed by atoms with van der Waals surface area (Å²) in [4.78, 5) is 33.6. The molecule has 2 heterocycles. The minimum Gasteiger partial charge on any atom is -0.477 e. The van der Waals surface area contributed by atoms with Gasteiger partial charge in [-0.1, -0.05) is 19.3 Å². The van der Waals surface area contributed by atoms with E-state index in [2.05, 4.69) is 15.3 Å². The number of piperidine rings is 1. The van der Waals surface area contributed by atoms with Crippen molar-refractivity contribution in [1.82, 2.24) is 14.9 Å². The van der Waals surface area contributed by atoms with Crippen molar-refractivity contribution >= 4 is 17.7 Å². The van der Waals surface area contributed by atoms with Crippen molar-refractivity contribution < 1.29 is 14.7 Å². The van der Waals surface area contributed by atoms with Crippen LogP contribution >= 0.6 is 0 Å². The molecule has 0 radical (unpaired) electrons. The molecule has 1 aliphatic carbocycles. The van der Waals surface area contributed by atoms with Crippen LogP contribution < -0.4 is 5.32 Å². The van der Waals surface area contributed by atoms with Gasteiger partial charge in [-0.05, 0) is 25.7 Å². The van der Waals surface area contributed by atoms with E-state index in [0.717, 1.165) is 51.6 Å². The van der Waals surface area contributed by atoms with Crippen LogP contribution in [0.4, 0.5) is 5.82 Å². The molecule has 25 heavy (non-hydrogen) atoms. The first-order valence-corrected chi connectivity index (χ1v) is 9.17. The van der Waals surface area contributed by atoms with E-state index in [1.54, 1.807) is 6.92 Å². The molecule has 2 fully saturated rings. The Hall–Kier alpha value is -2.18. The Morgan fingerprint density at radius 3 is 2.40 bits per heavy atom. The van der Waals surface area contributed by atoms with Gasteiger partial charge < -0.3 is 15.3 Å². The zero-order valence-electron chi connectivity index (χ0n) is 14.7. The maximum absolute atomic E-state index is 11.4. The molecule has 0 spiro atoms. The predicted molar refractivity (Wildman–Crippen MR) is 93.7 cm³/mol. The lowest BCUT2D eigenvalue weighted by molar-refractivity contribution is -0.129. The topological polar surface area (TPSA) is 95.4 Å². The number of aromatic carboxylic acids is 1. The summed E-state index contributed by atoms with van der Waals surface area (Å²) in [5.41, 5.74) is 0.0549. The van der Waals surface area contributed by atoms with Crippen molar-refractivity contribution in [2.45, 2.75) is 63.8 Å². The molecule has 7 heteroatoms. The van der Waals surface area contributed by atoms with Gasteiger partial charge >= 0.3 is 5.97 Å². The summed E-state index contributed by atoms with van der Waals surface area (Å²) in [6.45, 7) is 3.03. The van der Waals surface area contributed by atoms with Gasteiger partial charge in [-0.2, -0.15) is 0 Å². The van der Waals surface area contributed by atoms with E-state index in [-0.39, 0.29) is 23.6 Å². The van der Waals surface area contributed by atoms with Crippen LogP contribution in [0.5, 0.6) is 0 Å². The van der Waals surface area contributed by atoms with Crippen LogP contribution in [0.15, 0.2) is 6.07 Å². The van der Waals surface area contributed by atoms with Crippen LogP contribution in [-0.4, -0.2) is 51.0 Å². The van der Waals surface area contributed by atoms with Crippen LogP contribution in [0, 0.1) is 0 Å². The van der Waals surface area contributed by atoms with E-state index in [0.29, 0.717) is 11.6 Å². The van der Waals surface area contributed by atoms with Crippen LogP contribution in [0.25, 0.3) is 0 Å². The fourth-order valence-electron chi connectivity index (χ4n) is 3.74. The van der Waals surface area contributed by atoms with Crippen molar-refractivity contribution in [2.75, 3.05) is 18.4 Å². The minimum atomic E-state index is -1.02. The minimum absolute atomic E-state index is 0.0549. The lowest BCUT2D eigenvalue weighted by atomic mass is 9.88. The Morgan fingerprint density at radius 2 is 1.80 bits per heavy atom. The molecule has 7 nitrogen and oxygen atoms in total. The number of hydrogen-bond acceptors (Lipinski definition) is 5. The van der Waals surface area contributed by atoms with Crippen LogP contribution in [0.1, 0.15) is 74.1 Å². The van der Waals surface area contributed by atoms with Gasteiger partial charge in [-0.15, -0.1) is 0 Å². The molecule has 0 atom stereocenters. The van der Waals surface area contributed by atoms with Gasteiger partial charge in [-0.25, -0.2) is 14.8 Å². The highest BCUT2D eigenvalue weighted by molar-refractivity contribution is 5.86.